The van der Waals surface area contributed by atoms with Crippen molar-refractivity contribution in [3.63, 3.8) is 0 Å². The van der Waals surface area contributed by atoms with E-state index in [9.17, 15) is 8.42 Å². The molecule has 7 heteroatoms. The highest BCUT2D eigenvalue weighted by atomic mass is 35.5. The molecule has 0 bridgehead atoms. The van der Waals surface area contributed by atoms with Gasteiger partial charge in [0.2, 0.25) is 5.28 Å². The summed E-state index contributed by atoms with van der Waals surface area (Å²) in [5, 5.41) is 0.0224. The van der Waals surface area contributed by atoms with E-state index in [1.165, 1.54) is 12.3 Å². The summed E-state index contributed by atoms with van der Waals surface area (Å²) in [7, 11) is -3.55. The van der Waals surface area contributed by atoms with Crippen LogP contribution in [0.2, 0.25) is 5.28 Å². The Hall–Kier alpha value is -0.720. The molecular weight excluding hydrogens is 228 g/mol. The summed E-state index contributed by atoms with van der Waals surface area (Å²) in [5.74, 6) is -0.289. The molecule has 1 aromatic rings. The third-order valence-electron chi connectivity index (χ3n) is 1.31. The molecule has 0 N–H and O–H groups in total. The first-order valence-corrected chi connectivity index (χ1v) is 5.83. The van der Waals surface area contributed by atoms with Gasteiger partial charge in [-0.25, -0.2) is 9.97 Å². The zero-order valence-corrected chi connectivity index (χ0v) is 9.05. The molecule has 1 heterocycles. The second-order valence-electron chi connectivity index (χ2n) is 2.43. The average Bonchev–Trinajstić information content (AvgIpc) is 2.02. The largest absolute Gasteiger partial charge is 0.273 e. The fourth-order valence-electron chi connectivity index (χ4n) is 0.852. The van der Waals surface area contributed by atoms with E-state index < -0.39 is 10.1 Å². The molecule has 0 fully saturated rings. The van der Waals surface area contributed by atoms with Crippen LogP contribution in [0.25, 0.3) is 0 Å². The molecule has 0 atom stereocenters. The van der Waals surface area contributed by atoms with Crippen LogP contribution in [-0.2, 0) is 20.1 Å². The molecule has 0 radical (unpaired) electrons. The Bertz CT molecular complexity index is 407. The van der Waals surface area contributed by atoms with Gasteiger partial charge >= 0.3 is 0 Å². The van der Waals surface area contributed by atoms with Crippen LogP contribution in [0.1, 0.15) is 12.6 Å². The van der Waals surface area contributed by atoms with E-state index >= 15 is 0 Å². The molecule has 5 nitrogen and oxygen atoms in total. The first-order chi connectivity index (χ1) is 6.53. The molecular formula is C7H9ClN2O3S. The smallest absolute Gasteiger partial charge is 0.270 e. The minimum absolute atomic E-state index is 0.0224. The number of rotatable bonds is 4. The van der Waals surface area contributed by atoms with Gasteiger partial charge in [-0.1, -0.05) is 0 Å². The van der Waals surface area contributed by atoms with Crippen LogP contribution >= 0.6 is 11.6 Å². The molecule has 1 rings (SSSR count). The van der Waals surface area contributed by atoms with Gasteiger partial charge in [-0.05, 0) is 24.6 Å². The molecule has 0 unspecified atom stereocenters. The lowest BCUT2D eigenvalue weighted by Crippen LogP contribution is -2.09. The normalized spacial score (nSPS) is 11.6. The zero-order chi connectivity index (χ0) is 10.6. The molecule has 0 aliphatic rings. The molecule has 0 amide bonds. The molecule has 0 aliphatic heterocycles. The van der Waals surface area contributed by atoms with Crippen LogP contribution in [0.4, 0.5) is 0 Å². The van der Waals surface area contributed by atoms with Gasteiger partial charge in [0.1, 0.15) is 5.75 Å². The highest BCUT2D eigenvalue weighted by Gasteiger charge is 2.12. The van der Waals surface area contributed by atoms with Crippen LogP contribution in [0.15, 0.2) is 12.3 Å². The van der Waals surface area contributed by atoms with Gasteiger partial charge in [0, 0.05) is 6.20 Å². The summed E-state index contributed by atoms with van der Waals surface area (Å²) in [6.07, 6.45) is 1.39. The minimum atomic E-state index is -3.55. The van der Waals surface area contributed by atoms with E-state index in [4.69, 9.17) is 11.6 Å². The fraction of sp³-hybridized carbons (Fsp3) is 0.429. The Labute approximate surface area is 87.2 Å². The lowest BCUT2D eigenvalue weighted by atomic mass is 10.5. The highest BCUT2D eigenvalue weighted by Crippen LogP contribution is 2.06. The predicted molar refractivity (Wildman–Crippen MR) is 51.3 cm³/mol. The van der Waals surface area contributed by atoms with Gasteiger partial charge < -0.3 is 0 Å². The van der Waals surface area contributed by atoms with E-state index in [1.807, 2.05) is 0 Å². The zero-order valence-electron chi connectivity index (χ0n) is 7.47. The molecule has 0 saturated heterocycles. The van der Waals surface area contributed by atoms with Gasteiger partial charge in [0.25, 0.3) is 10.1 Å². The molecule has 0 aliphatic carbocycles. The summed E-state index contributed by atoms with van der Waals surface area (Å²) in [4.78, 5) is 7.37. The summed E-state index contributed by atoms with van der Waals surface area (Å²) < 4.78 is 26.9. The van der Waals surface area contributed by atoms with Crippen LogP contribution in [0.5, 0.6) is 0 Å². The van der Waals surface area contributed by atoms with Crippen LogP contribution in [0.3, 0.4) is 0 Å². The second kappa shape index (κ2) is 4.68. The van der Waals surface area contributed by atoms with Crippen molar-refractivity contribution in [1.82, 2.24) is 9.97 Å². The van der Waals surface area contributed by atoms with E-state index in [0.717, 1.165) is 0 Å². The summed E-state index contributed by atoms with van der Waals surface area (Å²) in [6.45, 7) is 1.71. The molecule has 0 spiro atoms. The Kier molecular flexibility index (Phi) is 3.79. The van der Waals surface area contributed by atoms with Gasteiger partial charge in [-0.2, -0.15) is 8.42 Å². The lowest BCUT2D eigenvalue weighted by Gasteiger charge is -2.02. The molecule has 0 saturated carbocycles. The van der Waals surface area contributed by atoms with Crippen molar-refractivity contribution < 1.29 is 12.6 Å². The van der Waals surface area contributed by atoms with Crippen molar-refractivity contribution in [3.8, 4) is 0 Å². The quantitative estimate of drug-likeness (QED) is 0.576. The first kappa shape index (κ1) is 11.4. The van der Waals surface area contributed by atoms with Crippen LogP contribution in [-0.4, -0.2) is 25.0 Å². The van der Waals surface area contributed by atoms with E-state index in [0.29, 0.717) is 5.69 Å². The number of nitrogens with zero attached hydrogens (tertiary/aromatic N) is 2. The number of aromatic nitrogens is 2. The van der Waals surface area contributed by atoms with Gasteiger partial charge in [0.15, 0.2) is 0 Å². The van der Waals surface area contributed by atoms with Gasteiger partial charge in [-0.3, -0.25) is 4.18 Å². The van der Waals surface area contributed by atoms with E-state index in [1.54, 1.807) is 6.92 Å². The third kappa shape index (κ3) is 3.57. The van der Waals surface area contributed by atoms with Crippen molar-refractivity contribution in [3.05, 3.63) is 23.2 Å². The van der Waals surface area contributed by atoms with E-state index in [-0.39, 0.29) is 17.6 Å². The molecule has 14 heavy (non-hydrogen) atoms. The number of hydrogen-bond donors (Lipinski definition) is 0. The highest BCUT2D eigenvalue weighted by molar-refractivity contribution is 7.85. The Morgan fingerprint density at radius 3 is 2.86 bits per heavy atom. The van der Waals surface area contributed by atoms with E-state index in [2.05, 4.69) is 14.2 Å². The Morgan fingerprint density at radius 1 is 1.57 bits per heavy atom. The maximum atomic E-state index is 11.2. The predicted octanol–water partition coefficient (Wildman–Crippen LogP) is 0.996. The van der Waals surface area contributed by atoms with Crippen molar-refractivity contribution in [2.45, 2.75) is 12.7 Å². The van der Waals surface area contributed by atoms with Gasteiger partial charge in [0.05, 0.1) is 12.3 Å². The summed E-state index contributed by atoms with van der Waals surface area (Å²) in [6, 6.07) is 1.47. The summed E-state index contributed by atoms with van der Waals surface area (Å²) in [5.41, 5.74) is 0.318. The third-order valence-corrected chi connectivity index (χ3v) is 2.73. The topological polar surface area (TPSA) is 69.2 Å². The van der Waals surface area contributed by atoms with Crippen molar-refractivity contribution >= 4 is 21.7 Å². The maximum Gasteiger partial charge on any atom is 0.273 e. The van der Waals surface area contributed by atoms with Crippen molar-refractivity contribution in [1.29, 1.82) is 0 Å². The summed E-state index contributed by atoms with van der Waals surface area (Å²) >= 11 is 5.49. The Morgan fingerprint density at radius 2 is 2.29 bits per heavy atom. The lowest BCUT2D eigenvalue weighted by molar-refractivity contribution is 0.337. The standard InChI is InChI=1S/C7H9ClN2O3S/c1-2-13-14(11,12)5-6-3-4-9-7(8)10-6/h3-4H,2,5H2,1H3. The van der Waals surface area contributed by atoms with Crippen molar-refractivity contribution in [2.75, 3.05) is 6.61 Å². The number of halogens is 1. The first-order valence-electron chi connectivity index (χ1n) is 3.88. The fourth-order valence-corrected chi connectivity index (χ4v) is 1.98. The second-order valence-corrected chi connectivity index (χ2v) is 4.40. The molecule has 78 valence electrons. The Balaban J connectivity index is 2.79. The SMILES string of the molecule is CCOS(=O)(=O)Cc1ccnc(Cl)n1. The number of hydrogen-bond acceptors (Lipinski definition) is 5. The average molecular weight is 237 g/mol. The molecule has 1 aromatic heterocycles. The minimum Gasteiger partial charge on any atom is -0.270 e. The van der Waals surface area contributed by atoms with Crippen molar-refractivity contribution in [2.24, 2.45) is 0 Å². The van der Waals surface area contributed by atoms with Crippen LogP contribution in [0, 0.1) is 0 Å². The van der Waals surface area contributed by atoms with Crippen LogP contribution < -0.4 is 0 Å². The van der Waals surface area contributed by atoms with Gasteiger partial charge in [-0.15, -0.1) is 0 Å². The molecule has 0 aromatic carbocycles. The monoisotopic (exact) mass is 236 g/mol. The maximum absolute atomic E-state index is 11.2.